The Morgan fingerprint density at radius 2 is 0.558 bits per heavy atom. The summed E-state index contributed by atoms with van der Waals surface area (Å²) in [5, 5.41) is 27.6. The van der Waals surface area contributed by atoms with Crippen molar-refractivity contribution in [2.75, 3.05) is 5.23 Å². The standard InChI is InChI=1S/C37H24N4.C21H13ClN4.C16H13NO2/c1-3-13-25(14-4-1)27-23-24-32(29-18-8-7-17-28(27)29)36-38-35(26-15-5-2-6-16-26)39-37(40-36)41-33-21-11-9-19-30(33)31-20-10-12-22-34(31)41;22-20-23-19(14-8-2-1-3-9-14)24-21(25-20)26-17-12-6-4-10-15(17)16-11-5-7-13-18(16)26;18-17(19)16-11-10-13(12-6-2-1-3-7-12)14-8-4-5-9-15(14)16/h1-24H;1-13H;1-11,18-19H. The molecule has 4 heterocycles. The van der Waals surface area contributed by atoms with Gasteiger partial charge < -0.3 is 0 Å². The largest absolute Gasteiger partial charge is 0.278 e. The molecule has 0 unspecified atom stereocenters. The van der Waals surface area contributed by atoms with Crippen LogP contribution < -0.4 is 5.23 Å². The minimum atomic E-state index is 0.164. The predicted molar refractivity (Wildman–Crippen MR) is 348 cm³/mol. The zero-order valence-corrected chi connectivity index (χ0v) is 46.8. The third-order valence-corrected chi connectivity index (χ3v) is 15.5. The fraction of sp³-hybridized carbons (Fsp3) is 0. The fourth-order valence-corrected chi connectivity index (χ4v) is 11.6. The third kappa shape index (κ3) is 10.1. The van der Waals surface area contributed by atoms with Gasteiger partial charge >= 0.3 is 0 Å². The van der Waals surface area contributed by atoms with Crippen molar-refractivity contribution in [1.82, 2.24) is 39.0 Å². The Balaban J connectivity index is 0.000000124. The van der Waals surface area contributed by atoms with Crippen LogP contribution in [0, 0.1) is 0 Å². The topological polar surface area (TPSA) is 131 Å². The summed E-state index contributed by atoms with van der Waals surface area (Å²) in [5.41, 5.74) is 11.9. The number of benzene rings is 12. The van der Waals surface area contributed by atoms with Crippen LogP contribution in [-0.2, 0) is 0 Å². The molecule has 16 aromatic rings. The summed E-state index contributed by atoms with van der Waals surface area (Å²) in [6.07, 6.45) is 0. The Labute approximate surface area is 499 Å². The molecule has 0 fully saturated rings. The molecule has 0 spiro atoms. The first-order valence-electron chi connectivity index (χ1n) is 28.0. The second kappa shape index (κ2) is 23.2. The summed E-state index contributed by atoms with van der Waals surface area (Å²) in [4.78, 5) is 28.7. The van der Waals surface area contributed by atoms with Crippen molar-refractivity contribution < 1.29 is 10.4 Å². The quantitative estimate of drug-likeness (QED) is 0.143. The maximum atomic E-state index is 9.27. The van der Waals surface area contributed by atoms with Gasteiger partial charge in [-0.3, -0.25) is 19.5 Å². The Morgan fingerprint density at radius 1 is 0.256 bits per heavy atom. The average Bonchev–Trinajstić information content (AvgIpc) is 2.87. The fourth-order valence-electron chi connectivity index (χ4n) is 11.4. The van der Waals surface area contributed by atoms with Crippen LogP contribution in [0.3, 0.4) is 0 Å². The van der Waals surface area contributed by atoms with Crippen molar-refractivity contribution in [3.8, 4) is 68.3 Å². The van der Waals surface area contributed by atoms with Crippen LogP contribution in [0.4, 0.5) is 5.69 Å². The van der Waals surface area contributed by atoms with Gasteiger partial charge in [0.15, 0.2) is 17.5 Å². The normalized spacial score (nSPS) is 11.2. The lowest BCUT2D eigenvalue weighted by Gasteiger charge is -2.14. The number of hydrogen-bond acceptors (Lipinski definition) is 9. The van der Waals surface area contributed by atoms with Crippen molar-refractivity contribution in [3.63, 3.8) is 0 Å². The summed E-state index contributed by atoms with van der Waals surface area (Å²) >= 11 is 6.24. The van der Waals surface area contributed by atoms with Gasteiger partial charge in [0.2, 0.25) is 17.2 Å². The van der Waals surface area contributed by atoms with Crippen molar-refractivity contribution in [2.24, 2.45) is 0 Å². The summed E-state index contributed by atoms with van der Waals surface area (Å²) in [7, 11) is 0. The Bertz CT molecular complexity index is 5010. The number of hydrogen-bond donors (Lipinski definition) is 2. The molecule has 0 amide bonds. The number of halogens is 1. The van der Waals surface area contributed by atoms with Crippen LogP contribution in [0.1, 0.15) is 0 Å². The maximum Gasteiger partial charge on any atom is 0.239 e. The minimum Gasteiger partial charge on any atom is -0.278 e. The molecular weight excluding hydrogens is 1080 g/mol. The second-order valence-electron chi connectivity index (χ2n) is 20.4. The van der Waals surface area contributed by atoms with E-state index >= 15 is 0 Å². The van der Waals surface area contributed by atoms with E-state index in [1.165, 1.54) is 21.9 Å². The monoisotopic (exact) mass is 1130 g/mol. The molecular formula is C74H50ClN9O2. The van der Waals surface area contributed by atoms with Gasteiger partial charge in [-0.25, -0.2) is 4.98 Å². The van der Waals surface area contributed by atoms with Crippen LogP contribution in [0.2, 0.25) is 5.28 Å². The van der Waals surface area contributed by atoms with E-state index in [2.05, 4.69) is 148 Å². The van der Waals surface area contributed by atoms with E-state index in [1.807, 2.05) is 156 Å². The maximum absolute atomic E-state index is 9.27. The highest BCUT2D eigenvalue weighted by molar-refractivity contribution is 6.28. The zero-order chi connectivity index (χ0) is 57.9. The van der Waals surface area contributed by atoms with Crippen LogP contribution >= 0.6 is 11.6 Å². The van der Waals surface area contributed by atoms with E-state index in [-0.39, 0.29) is 10.5 Å². The first-order chi connectivity index (χ1) is 42.4. The SMILES string of the molecule is Clc1nc(-c2ccccc2)nc(-n2c3ccccc3c3ccccc32)n1.ON(O)c1ccc(-c2ccccc2)c2ccccc12.c1ccc(-c2nc(-c3ccc(-c4ccccc4)c4ccccc34)nc(-n3c4ccccc4c4ccccc43)n2)cc1. The molecule has 4 aromatic heterocycles. The van der Waals surface area contributed by atoms with Crippen LogP contribution in [0.25, 0.3) is 133 Å². The summed E-state index contributed by atoms with van der Waals surface area (Å²) in [6.45, 7) is 0. The van der Waals surface area contributed by atoms with Gasteiger partial charge in [0.25, 0.3) is 0 Å². The highest BCUT2D eigenvalue weighted by Crippen LogP contribution is 2.38. The van der Waals surface area contributed by atoms with Gasteiger partial charge in [-0.15, -0.1) is 5.23 Å². The molecule has 16 rings (SSSR count). The third-order valence-electron chi connectivity index (χ3n) is 15.3. The lowest BCUT2D eigenvalue weighted by Crippen LogP contribution is -2.11. The molecule has 86 heavy (non-hydrogen) atoms. The van der Waals surface area contributed by atoms with Gasteiger partial charge in [0.05, 0.1) is 22.1 Å². The Morgan fingerprint density at radius 3 is 0.988 bits per heavy atom. The summed E-state index contributed by atoms with van der Waals surface area (Å²) < 4.78 is 4.19. The molecule has 0 saturated carbocycles. The molecule has 11 nitrogen and oxygen atoms in total. The second-order valence-corrected chi connectivity index (χ2v) is 20.7. The molecule has 12 heteroatoms. The molecule has 0 bridgehead atoms. The molecule has 410 valence electrons. The molecule has 0 saturated heterocycles. The number of rotatable bonds is 8. The average molecular weight is 1130 g/mol. The van der Waals surface area contributed by atoms with E-state index in [4.69, 9.17) is 31.5 Å². The van der Waals surface area contributed by atoms with E-state index in [0.717, 1.165) is 82.2 Å². The first kappa shape index (κ1) is 52.8. The smallest absolute Gasteiger partial charge is 0.239 e. The van der Waals surface area contributed by atoms with Crippen LogP contribution in [0.15, 0.2) is 291 Å². The number of fused-ring (bicyclic) bond motifs is 8. The first-order valence-corrected chi connectivity index (χ1v) is 28.4. The van der Waals surface area contributed by atoms with Gasteiger partial charge in [-0.1, -0.05) is 255 Å². The molecule has 0 aliphatic rings. The van der Waals surface area contributed by atoms with E-state index in [0.29, 0.717) is 35.1 Å². The van der Waals surface area contributed by atoms with Crippen molar-refractivity contribution in [3.05, 3.63) is 296 Å². The van der Waals surface area contributed by atoms with E-state index < -0.39 is 0 Å². The van der Waals surface area contributed by atoms with E-state index in [9.17, 15) is 10.4 Å². The molecule has 0 aliphatic carbocycles. The van der Waals surface area contributed by atoms with Crippen LogP contribution in [-0.4, -0.2) is 49.5 Å². The number of para-hydroxylation sites is 4. The Kier molecular flexibility index (Phi) is 14.3. The molecule has 2 N–H and O–H groups in total. The van der Waals surface area contributed by atoms with Gasteiger partial charge in [-0.05, 0) is 86.4 Å². The molecule has 0 atom stereocenters. The van der Waals surface area contributed by atoms with Gasteiger partial charge in [-0.2, -0.15) is 24.9 Å². The number of aromatic nitrogens is 8. The van der Waals surface area contributed by atoms with Crippen molar-refractivity contribution in [1.29, 1.82) is 0 Å². The van der Waals surface area contributed by atoms with Crippen molar-refractivity contribution >= 4 is 82.4 Å². The Hall–Kier alpha value is -11.2. The highest BCUT2D eigenvalue weighted by atomic mass is 35.5. The van der Waals surface area contributed by atoms with E-state index in [1.54, 1.807) is 6.07 Å². The lowest BCUT2D eigenvalue weighted by molar-refractivity contribution is 0.0300. The van der Waals surface area contributed by atoms with Crippen LogP contribution in [0.5, 0.6) is 0 Å². The lowest BCUT2D eigenvalue weighted by atomic mass is 9.95. The summed E-state index contributed by atoms with van der Waals surface area (Å²) in [6, 6.07) is 97.8. The number of nitrogens with zero attached hydrogens (tertiary/aromatic N) is 9. The zero-order valence-electron chi connectivity index (χ0n) is 46.0. The summed E-state index contributed by atoms with van der Waals surface area (Å²) in [5.74, 6) is 2.96. The van der Waals surface area contributed by atoms with Crippen molar-refractivity contribution in [2.45, 2.75) is 0 Å². The predicted octanol–water partition coefficient (Wildman–Crippen LogP) is 18.5. The molecule has 12 aromatic carbocycles. The molecule has 0 radical (unpaired) electrons. The number of anilines is 1. The molecule has 0 aliphatic heterocycles. The highest BCUT2D eigenvalue weighted by Gasteiger charge is 2.21. The van der Waals surface area contributed by atoms with Gasteiger partial charge in [0.1, 0.15) is 5.69 Å². The van der Waals surface area contributed by atoms with Gasteiger partial charge in [0, 0.05) is 43.6 Å². The minimum absolute atomic E-state index is 0.164.